The molecule has 0 aromatic heterocycles. The number of nitrogen functional groups attached to an aromatic ring is 1. The minimum atomic E-state index is -0.378. The number of carbonyl (C=O) groups excluding carboxylic acids is 2. The second kappa shape index (κ2) is 4.32. The maximum atomic E-state index is 11.4. The number of nitrogens with zero attached hydrogens (tertiary/aromatic N) is 1. The SMILES string of the molecule is COc1cc(N)cc(CN2C(=O)CNC2=O)c1. The molecule has 3 amide bonds. The molecule has 17 heavy (non-hydrogen) atoms. The fraction of sp³-hybridized carbons (Fsp3) is 0.273. The zero-order chi connectivity index (χ0) is 12.4. The van der Waals surface area contributed by atoms with Gasteiger partial charge in [0.2, 0.25) is 5.91 Å². The minimum Gasteiger partial charge on any atom is -0.497 e. The third-order valence-electron chi connectivity index (χ3n) is 2.50. The van der Waals surface area contributed by atoms with Gasteiger partial charge >= 0.3 is 6.03 Å². The van der Waals surface area contributed by atoms with Crippen molar-refractivity contribution in [1.82, 2.24) is 10.2 Å². The van der Waals surface area contributed by atoms with Crippen LogP contribution < -0.4 is 15.8 Å². The van der Waals surface area contributed by atoms with Crippen molar-refractivity contribution in [1.29, 1.82) is 0 Å². The summed E-state index contributed by atoms with van der Waals surface area (Å²) < 4.78 is 5.07. The van der Waals surface area contributed by atoms with E-state index in [2.05, 4.69) is 5.32 Å². The molecule has 1 saturated heterocycles. The van der Waals surface area contributed by atoms with Gasteiger partial charge < -0.3 is 15.8 Å². The van der Waals surface area contributed by atoms with Crippen LogP contribution in [0.4, 0.5) is 10.5 Å². The summed E-state index contributed by atoms with van der Waals surface area (Å²) in [6.07, 6.45) is 0. The number of rotatable bonds is 3. The maximum absolute atomic E-state index is 11.4. The van der Waals surface area contributed by atoms with Gasteiger partial charge in [-0.15, -0.1) is 0 Å². The summed E-state index contributed by atoms with van der Waals surface area (Å²) in [5.74, 6) is 0.364. The van der Waals surface area contributed by atoms with Crippen LogP contribution in [0.25, 0.3) is 0 Å². The van der Waals surface area contributed by atoms with Crippen molar-refractivity contribution < 1.29 is 14.3 Å². The molecule has 90 valence electrons. The molecular weight excluding hydrogens is 222 g/mol. The molecule has 0 saturated carbocycles. The van der Waals surface area contributed by atoms with E-state index in [0.717, 1.165) is 10.5 Å². The van der Waals surface area contributed by atoms with Crippen LogP contribution in [0.5, 0.6) is 5.75 Å². The van der Waals surface area contributed by atoms with Gasteiger partial charge in [-0.05, 0) is 17.7 Å². The van der Waals surface area contributed by atoms with E-state index in [1.165, 1.54) is 7.11 Å². The van der Waals surface area contributed by atoms with Crippen molar-refractivity contribution in [2.24, 2.45) is 0 Å². The molecule has 0 bridgehead atoms. The number of nitrogens with one attached hydrogen (secondary N) is 1. The molecule has 0 unspecified atom stereocenters. The molecule has 0 aliphatic carbocycles. The number of anilines is 1. The van der Waals surface area contributed by atoms with E-state index in [1.807, 2.05) is 0 Å². The standard InChI is InChI=1S/C11H13N3O3/c1-17-9-3-7(2-8(12)4-9)6-14-10(15)5-13-11(14)16/h2-4H,5-6,12H2,1H3,(H,13,16). The van der Waals surface area contributed by atoms with E-state index in [4.69, 9.17) is 10.5 Å². The molecule has 1 aliphatic rings. The van der Waals surface area contributed by atoms with E-state index in [1.54, 1.807) is 18.2 Å². The Morgan fingerprint density at radius 1 is 1.41 bits per heavy atom. The van der Waals surface area contributed by atoms with Gasteiger partial charge in [-0.3, -0.25) is 9.69 Å². The number of hydrogen-bond donors (Lipinski definition) is 2. The number of methoxy groups -OCH3 is 1. The van der Waals surface area contributed by atoms with Gasteiger partial charge in [0, 0.05) is 11.8 Å². The Balaban J connectivity index is 2.20. The summed E-state index contributed by atoms with van der Waals surface area (Å²) in [6, 6.07) is 4.75. The number of urea groups is 1. The molecule has 0 spiro atoms. The van der Waals surface area contributed by atoms with Gasteiger partial charge in [0.15, 0.2) is 0 Å². The Bertz CT molecular complexity index is 457. The number of nitrogens with two attached hydrogens (primary N) is 1. The third kappa shape index (κ3) is 2.30. The third-order valence-corrected chi connectivity index (χ3v) is 2.50. The van der Waals surface area contributed by atoms with Crippen molar-refractivity contribution >= 4 is 17.6 Å². The van der Waals surface area contributed by atoms with Crippen molar-refractivity contribution in [2.45, 2.75) is 6.54 Å². The highest BCUT2D eigenvalue weighted by Crippen LogP contribution is 2.20. The van der Waals surface area contributed by atoms with Crippen LogP contribution in [0.2, 0.25) is 0 Å². The van der Waals surface area contributed by atoms with Crippen LogP contribution in [-0.2, 0) is 11.3 Å². The Kier molecular flexibility index (Phi) is 2.86. The first-order chi connectivity index (χ1) is 8.10. The molecule has 6 nitrogen and oxygen atoms in total. The fourth-order valence-electron chi connectivity index (χ4n) is 1.69. The minimum absolute atomic E-state index is 0.0539. The predicted molar refractivity (Wildman–Crippen MR) is 61.4 cm³/mol. The Morgan fingerprint density at radius 2 is 2.18 bits per heavy atom. The van der Waals surface area contributed by atoms with Gasteiger partial charge in [0.25, 0.3) is 0 Å². The summed E-state index contributed by atoms with van der Waals surface area (Å²) in [7, 11) is 1.53. The highest BCUT2D eigenvalue weighted by molar-refractivity contribution is 6.01. The molecule has 0 radical (unpaired) electrons. The highest BCUT2D eigenvalue weighted by atomic mass is 16.5. The number of hydrogen-bond acceptors (Lipinski definition) is 4. The van der Waals surface area contributed by atoms with Crippen LogP contribution in [0.1, 0.15) is 5.56 Å². The van der Waals surface area contributed by atoms with Crippen LogP contribution in [0.3, 0.4) is 0 Å². The molecule has 6 heteroatoms. The smallest absolute Gasteiger partial charge is 0.324 e. The lowest BCUT2D eigenvalue weighted by Gasteiger charge is -2.13. The van der Waals surface area contributed by atoms with Gasteiger partial charge in [-0.2, -0.15) is 0 Å². The maximum Gasteiger partial charge on any atom is 0.324 e. The summed E-state index contributed by atoms with van der Waals surface area (Å²) in [5, 5.41) is 2.46. The molecular formula is C11H13N3O3. The van der Waals surface area contributed by atoms with Crippen LogP contribution in [-0.4, -0.2) is 30.5 Å². The molecule has 2 rings (SSSR count). The number of carbonyl (C=O) groups is 2. The zero-order valence-electron chi connectivity index (χ0n) is 9.40. The number of benzene rings is 1. The zero-order valence-corrected chi connectivity index (χ0v) is 9.40. The molecule has 1 fully saturated rings. The Morgan fingerprint density at radius 3 is 2.76 bits per heavy atom. The van der Waals surface area contributed by atoms with E-state index >= 15 is 0 Å². The summed E-state index contributed by atoms with van der Waals surface area (Å²) in [6.45, 7) is 0.254. The van der Waals surface area contributed by atoms with Gasteiger partial charge in [0.05, 0.1) is 20.2 Å². The second-order valence-electron chi connectivity index (χ2n) is 3.75. The number of amides is 3. The number of imide groups is 1. The lowest BCUT2D eigenvalue weighted by molar-refractivity contribution is -0.125. The van der Waals surface area contributed by atoms with Crippen molar-refractivity contribution in [2.75, 3.05) is 19.4 Å². The predicted octanol–water partition coefficient (Wildman–Crippen LogP) is 0.329. The summed E-state index contributed by atoms with van der Waals surface area (Å²) >= 11 is 0. The summed E-state index contributed by atoms with van der Waals surface area (Å²) in [5.41, 5.74) is 6.98. The van der Waals surface area contributed by atoms with Crippen LogP contribution in [0, 0.1) is 0 Å². The largest absolute Gasteiger partial charge is 0.497 e. The first-order valence-corrected chi connectivity index (χ1v) is 5.12. The first-order valence-electron chi connectivity index (χ1n) is 5.12. The topological polar surface area (TPSA) is 84.7 Å². The highest BCUT2D eigenvalue weighted by Gasteiger charge is 2.28. The number of ether oxygens (including phenoxy) is 1. The van der Waals surface area contributed by atoms with Gasteiger partial charge in [-0.1, -0.05) is 0 Å². The summed E-state index contributed by atoms with van der Waals surface area (Å²) in [4.78, 5) is 23.9. The van der Waals surface area contributed by atoms with Crippen molar-refractivity contribution in [3.05, 3.63) is 23.8 Å². The lowest BCUT2D eigenvalue weighted by atomic mass is 10.2. The van der Waals surface area contributed by atoms with E-state index in [-0.39, 0.29) is 25.0 Å². The molecule has 1 aromatic rings. The van der Waals surface area contributed by atoms with Crippen LogP contribution in [0.15, 0.2) is 18.2 Å². The van der Waals surface area contributed by atoms with Crippen molar-refractivity contribution in [3.8, 4) is 5.75 Å². The molecule has 1 aliphatic heterocycles. The fourth-order valence-corrected chi connectivity index (χ4v) is 1.69. The van der Waals surface area contributed by atoms with Crippen LogP contribution >= 0.6 is 0 Å². The molecule has 0 atom stereocenters. The normalized spacial score (nSPS) is 15.0. The van der Waals surface area contributed by atoms with E-state index in [0.29, 0.717) is 11.4 Å². The quantitative estimate of drug-likeness (QED) is 0.584. The Labute approximate surface area is 98.3 Å². The van der Waals surface area contributed by atoms with E-state index in [9.17, 15) is 9.59 Å². The first kappa shape index (κ1) is 11.3. The van der Waals surface area contributed by atoms with Gasteiger partial charge in [0.1, 0.15) is 5.75 Å². The second-order valence-corrected chi connectivity index (χ2v) is 3.75. The van der Waals surface area contributed by atoms with Gasteiger partial charge in [-0.25, -0.2) is 4.79 Å². The van der Waals surface area contributed by atoms with Crippen molar-refractivity contribution in [3.63, 3.8) is 0 Å². The average molecular weight is 235 g/mol. The molecule has 3 N–H and O–H groups in total. The molecule has 1 aromatic carbocycles. The van der Waals surface area contributed by atoms with E-state index < -0.39 is 0 Å². The molecule has 1 heterocycles. The average Bonchev–Trinajstić information content (AvgIpc) is 2.60. The Hall–Kier alpha value is -2.24. The monoisotopic (exact) mass is 235 g/mol. The lowest BCUT2D eigenvalue weighted by Crippen LogP contribution is -2.30.